The maximum absolute atomic E-state index is 14.7. The van der Waals surface area contributed by atoms with Gasteiger partial charge in [-0.3, -0.25) is 20.4 Å². The van der Waals surface area contributed by atoms with Gasteiger partial charge in [-0.05, 0) is 25.3 Å². The predicted molar refractivity (Wildman–Crippen MR) is 93.9 cm³/mol. The maximum atomic E-state index is 14.7. The average molecular weight is 383 g/mol. The molecule has 1 fully saturated rings. The van der Waals surface area contributed by atoms with E-state index in [4.69, 9.17) is 9.84 Å². The molecule has 1 saturated carbocycles. The summed E-state index contributed by atoms with van der Waals surface area (Å²) in [6.45, 7) is 0. The first-order chi connectivity index (χ1) is 12.4. The van der Waals surface area contributed by atoms with Gasteiger partial charge in [-0.1, -0.05) is 11.8 Å². The lowest BCUT2D eigenvalue weighted by molar-refractivity contribution is -0.385. The minimum atomic E-state index is -1.25. The van der Waals surface area contributed by atoms with Gasteiger partial charge in [0.25, 0.3) is 5.69 Å². The van der Waals surface area contributed by atoms with Gasteiger partial charge in [0.2, 0.25) is 0 Å². The van der Waals surface area contributed by atoms with E-state index < -0.39 is 22.4 Å². The van der Waals surface area contributed by atoms with E-state index in [1.165, 1.54) is 17.8 Å². The molecule has 0 aromatic heterocycles. The van der Waals surface area contributed by atoms with Gasteiger partial charge >= 0.3 is 6.09 Å². The molecule has 1 heterocycles. The number of aliphatic imine (C=N–C) groups is 1. The number of thioether (sulfide) groups is 1. The SMILES string of the molecule is COC1CCC2(c3cc([N+](=O)[O-])ccc3F)N=C(NC(=O)O)SCC2C1. The molecule has 26 heavy (non-hydrogen) atoms. The van der Waals surface area contributed by atoms with Crippen molar-refractivity contribution >= 4 is 28.7 Å². The van der Waals surface area contributed by atoms with Gasteiger partial charge in [0.1, 0.15) is 5.82 Å². The van der Waals surface area contributed by atoms with Gasteiger partial charge in [-0.25, -0.2) is 9.18 Å². The normalized spacial score (nSPS) is 28.0. The summed E-state index contributed by atoms with van der Waals surface area (Å²) in [6.07, 6.45) is 0.383. The van der Waals surface area contributed by atoms with Crippen molar-refractivity contribution in [3.05, 3.63) is 39.7 Å². The van der Waals surface area contributed by atoms with Crippen molar-refractivity contribution < 1.29 is 24.0 Å². The number of nitro groups is 1. The quantitative estimate of drug-likeness (QED) is 0.612. The number of non-ortho nitro benzene ring substituents is 1. The number of amidine groups is 1. The standard InChI is InChI=1S/C16H18FN3O5S/c1-25-11-4-5-16(12-7-10(20(23)24)2-3-13(12)17)9(6-11)8-26-14(19-16)18-15(21)22/h2-3,7,9,11H,4-6,8H2,1H3,(H,18,19)(H,21,22). The predicted octanol–water partition coefficient (Wildman–Crippen LogP) is 3.11. The molecule has 0 radical (unpaired) electrons. The van der Waals surface area contributed by atoms with Gasteiger partial charge in [-0.15, -0.1) is 0 Å². The number of nitro benzene ring substituents is 1. The fraction of sp³-hybridized carbons (Fsp3) is 0.500. The highest BCUT2D eigenvalue weighted by molar-refractivity contribution is 8.13. The summed E-state index contributed by atoms with van der Waals surface area (Å²) in [6, 6.07) is 3.40. The number of carboxylic acid groups (broad SMARTS) is 1. The Bertz CT molecular complexity index is 774. The van der Waals surface area contributed by atoms with Crippen molar-refractivity contribution in [3.63, 3.8) is 0 Å². The van der Waals surface area contributed by atoms with Crippen LogP contribution in [0.5, 0.6) is 0 Å². The van der Waals surface area contributed by atoms with E-state index in [0.717, 1.165) is 12.1 Å². The average Bonchev–Trinajstić information content (AvgIpc) is 2.60. The third kappa shape index (κ3) is 3.38. The molecule has 3 atom stereocenters. The van der Waals surface area contributed by atoms with Crippen LogP contribution in [0.1, 0.15) is 24.8 Å². The monoisotopic (exact) mass is 383 g/mol. The zero-order valence-electron chi connectivity index (χ0n) is 14.0. The molecule has 140 valence electrons. The molecule has 8 nitrogen and oxygen atoms in total. The molecule has 1 aromatic carbocycles. The number of rotatable bonds is 3. The van der Waals surface area contributed by atoms with Crippen LogP contribution in [-0.2, 0) is 10.3 Å². The van der Waals surface area contributed by atoms with E-state index in [2.05, 4.69) is 10.3 Å². The summed E-state index contributed by atoms with van der Waals surface area (Å²) < 4.78 is 20.1. The highest BCUT2D eigenvalue weighted by Gasteiger charge is 2.49. The van der Waals surface area contributed by atoms with Crippen molar-refractivity contribution in [3.8, 4) is 0 Å². The van der Waals surface area contributed by atoms with Gasteiger partial charge < -0.3 is 9.84 Å². The highest BCUT2D eigenvalue weighted by Crippen LogP contribution is 2.50. The summed E-state index contributed by atoms with van der Waals surface area (Å²) in [7, 11) is 1.61. The van der Waals surface area contributed by atoms with Crippen LogP contribution < -0.4 is 5.32 Å². The van der Waals surface area contributed by atoms with Crippen LogP contribution in [-0.4, -0.2) is 40.3 Å². The minimum Gasteiger partial charge on any atom is -0.465 e. The molecule has 3 unspecified atom stereocenters. The van der Waals surface area contributed by atoms with Crippen LogP contribution in [0.2, 0.25) is 0 Å². The first-order valence-electron chi connectivity index (χ1n) is 8.05. The fourth-order valence-electron chi connectivity index (χ4n) is 3.70. The third-order valence-corrected chi connectivity index (χ3v) is 6.00. The number of methoxy groups -OCH3 is 1. The van der Waals surface area contributed by atoms with Crippen molar-refractivity contribution in [2.24, 2.45) is 10.9 Å². The molecular weight excluding hydrogens is 365 g/mol. The molecule has 1 amide bonds. The zero-order valence-corrected chi connectivity index (χ0v) is 14.8. The van der Waals surface area contributed by atoms with Crippen molar-refractivity contribution in [1.29, 1.82) is 0 Å². The summed E-state index contributed by atoms with van der Waals surface area (Å²) in [5.41, 5.74) is -1.13. The maximum Gasteiger partial charge on any atom is 0.410 e. The Hall–Kier alpha value is -2.20. The second-order valence-corrected chi connectivity index (χ2v) is 7.34. The molecule has 1 aliphatic carbocycles. The number of nitrogens with one attached hydrogen (secondary N) is 1. The molecule has 0 spiro atoms. The van der Waals surface area contributed by atoms with Crippen molar-refractivity contribution in [1.82, 2.24) is 5.32 Å². The van der Waals surface area contributed by atoms with Gasteiger partial charge in [0.05, 0.1) is 16.6 Å². The number of hydrogen-bond acceptors (Lipinski definition) is 6. The Kier molecular flexibility index (Phi) is 5.15. The number of benzene rings is 1. The molecule has 2 aliphatic rings. The Morgan fingerprint density at radius 3 is 3.00 bits per heavy atom. The summed E-state index contributed by atoms with van der Waals surface area (Å²) >= 11 is 1.25. The summed E-state index contributed by atoms with van der Waals surface area (Å²) in [5.74, 6) is -0.190. The van der Waals surface area contributed by atoms with Crippen LogP contribution in [0.25, 0.3) is 0 Å². The molecular formula is C16H18FN3O5S. The number of carbonyl (C=O) groups is 1. The topological polar surface area (TPSA) is 114 Å². The van der Waals surface area contributed by atoms with Gasteiger partial charge in [0.15, 0.2) is 5.17 Å². The molecule has 3 rings (SSSR count). The van der Waals surface area contributed by atoms with E-state index in [1.807, 2.05) is 0 Å². The first-order valence-corrected chi connectivity index (χ1v) is 9.04. The molecule has 10 heteroatoms. The lowest BCUT2D eigenvalue weighted by Gasteiger charge is -2.46. The van der Waals surface area contributed by atoms with Crippen LogP contribution in [0, 0.1) is 21.8 Å². The lowest BCUT2D eigenvalue weighted by Crippen LogP contribution is -2.47. The Labute approximate surface area is 153 Å². The fourth-order valence-corrected chi connectivity index (χ4v) is 4.86. The van der Waals surface area contributed by atoms with Crippen molar-refractivity contribution in [2.45, 2.75) is 30.9 Å². The first kappa shape index (κ1) is 18.6. The Morgan fingerprint density at radius 2 is 2.35 bits per heavy atom. The van der Waals surface area contributed by atoms with E-state index in [0.29, 0.717) is 25.0 Å². The molecule has 0 saturated heterocycles. The van der Waals surface area contributed by atoms with E-state index in [9.17, 15) is 19.3 Å². The van der Waals surface area contributed by atoms with E-state index in [-0.39, 0.29) is 28.4 Å². The number of nitrogens with zero attached hydrogens (tertiary/aromatic N) is 2. The summed E-state index contributed by atoms with van der Waals surface area (Å²) in [5, 5.41) is 22.5. The van der Waals surface area contributed by atoms with E-state index >= 15 is 0 Å². The van der Waals surface area contributed by atoms with Gasteiger partial charge in [-0.2, -0.15) is 0 Å². The molecule has 1 aliphatic heterocycles. The molecule has 2 N–H and O–H groups in total. The number of halogens is 1. The van der Waals surface area contributed by atoms with Crippen LogP contribution in [0.15, 0.2) is 23.2 Å². The number of amides is 1. The third-order valence-electron chi connectivity index (χ3n) is 4.97. The lowest BCUT2D eigenvalue weighted by atomic mass is 9.68. The smallest absolute Gasteiger partial charge is 0.410 e. The van der Waals surface area contributed by atoms with E-state index in [1.54, 1.807) is 7.11 Å². The minimum absolute atomic E-state index is 0.000308. The van der Waals surface area contributed by atoms with Crippen LogP contribution in [0.3, 0.4) is 0 Å². The van der Waals surface area contributed by atoms with Crippen LogP contribution in [0.4, 0.5) is 14.9 Å². The second-order valence-electron chi connectivity index (χ2n) is 6.33. The second kappa shape index (κ2) is 7.20. The van der Waals surface area contributed by atoms with Gasteiger partial charge in [0, 0.05) is 36.5 Å². The van der Waals surface area contributed by atoms with Crippen molar-refractivity contribution in [2.75, 3.05) is 12.9 Å². The molecule has 1 aromatic rings. The Balaban J connectivity index is 2.11. The number of ether oxygens (including phenoxy) is 1. The van der Waals surface area contributed by atoms with Crippen LogP contribution >= 0.6 is 11.8 Å². The Morgan fingerprint density at radius 1 is 1.58 bits per heavy atom. The number of fused-ring (bicyclic) bond motifs is 1. The zero-order chi connectivity index (χ0) is 18.9. The number of hydrogen-bond donors (Lipinski definition) is 2. The highest BCUT2D eigenvalue weighted by atomic mass is 32.2. The molecule has 0 bridgehead atoms. The summed E-state index contributed by atoms with van der Waals surface area (Å²) in [4.78, 5) is 26.1. The largest absolute Gasteiger partial charge is 0.465 e.